The number of hydrogen-bond acceptors (Lipinski definition) is 2. The van der Waals surface area contributed by atoms with E-state index in [1.54, 1.807) is 6.07 Å². The molecular formula is C9H10BrNO. The van der Waals surface area contributed by atoms with Gasteiger partial charge in [0.15, 0.2) is 5.78 Å². The molecule has 0 aromatic heterocycles. The summed E-state index contributed by atoms with van der Waals surface area (Å²) in [5.74, 6) is -0.0145. The minimum absolute atomic E-state index is 0.0145. The number of nitrogens with two attached hydrogens (primary N) is 1. The van der Waals surface area contributed by atoms with Gasteiger partial charge in [0.05, 0.1) is 5.56 Å². The minimum Gasteiger partial charge on any atom is -0.398 e. The van der Waals surface area contributed by atoms with Crippen LogP contribution in [0.5, 0.6) is 0 Å². The summed E-state index contributed by atoms with van der Waals surface area (Å²) >= 11 is 3.30. The largest absolute Gasteiger partial charge is 0.398 e. The van der Waals surface area contributed by atoms with Crippen molar-refractivity contribution in [2.75, 3.05) is 5.73 Å². The van der Waals surface area contributed by atoms with Crippen LogP contribution < -0.4 is 5.73 Å². The lowest BCUT2D eigenvalue weighted by Crippen LogP contribution is -2.01. The Hall–Kier alpha value is -0.830. The number of aryl methyl sites for hydroxylation is 1. The number of Topliss-reactive ketones (excluding diaryl/α,β-unsaturated/α-hetero) is 1. The Kier molecular flexibility index (Phi) is 2.52. The van der Waals surface area contributed by atoms with Crippen molar-refractivity contribution in [2.24, 2.45) is 0 Å². The maximum Gasteiger partial charge on any atom is 0.163 e. The smallest absolute Gasteiger partial charge is 0.163 e. The Morgan fingerprint density at radius 1 is 1.50 bits per heavy atom. The number of carbonyl (C=O) groups is 1. The van der Waals surface area contributed by atoms with E-state index in [0.717, 1.165) is 10.0 Å². The van der Waals surface area contributed by atoms with Crippen molar-refractivity contribution in [2.45, 2.75) is 13.8 Å². The Balaban J connectivity index is 3.38. The van der Waals surface area contributed by atoms with Crippen molar-refractivity contribution >= 4 is 27.4 Å². The van der Waals surface area contributed by atoms with Gasteiger partial charge in [-0.05, 0) is 47.5 Å². The summed E-state index contributed by atoms with van der Waals surface area (Å²) in [6, 6.07) is 3.68. The molecule has 64 valence electrons. The minimum atomic E-state index is -0.0145. The molecular weight excluding hydrogens is 218 g/mol. The summed E-state index contributed by atoms with van der Waals surface area (Å²) in [6.07, 6.45) is 0. The monoisotopic (exact) mass is 227 g/mol. The molecule has 0 aliphatic rings. The van der Waals surface area contributed by atoms with Crippen LogP contribution in [0.3, 0.4) is 0 Å². The average molecular weight is 228 g/mol. The molecule has 2 nitrogen and oxygen atoms in total. The highest BCUT2D eigenvalue weighted by Gasteiger charge is 2.09. The molecule has 0 bridgehead atoms. The van der Waals surface area contributed by atoms with E-state index in [1.165, 1.54) is 6.92 Å². The third-order valence-electron chi connectivity index (χ3n) is 1.62. The van der Waals surface area contributed by atoms with E-state index in [2.05, 4.69) is 15.9 Å². The number of hydrogen-bond donors (Lipinski definition) is 1. The van der Waals surface area contributed by atoms with Gasteiger partial charge in [0.2, 0.25) is 0 Å². The molecule has 0 spiro atoms. The molecule has 1 rings (SSSR count). The summed E-state index contributed by atoms with van der Waals surface area (Å²) in [4.78, 5) is 11.1. The lowest BCUT2D eigenvalue weighted by atomic mass is 10.1. The lowest BCUT2D eigenvalue weighted by molar-refractivity contribution is 0.101. The number of rotatable bonds is 1. The van der Waals surface area contributed by atoms with Gasteiger partial charge in [0.25, 0.3) is 0 Å². The fraction of sp³-hybridized carbons (Fsp3) is 0.222. The quantitative estimate of drug-likeness (QED) is 0.592. The van der Waals surface area contributed by atoms with E-state index in [0.29, 0.717) is 11.3 Å². The number of carbonyl (C=O) groups excluding carboxylic acids is 1. The second kappa shape index (κ2) is 3.27. The van der Waals surface area contributed by atoms with E-state index in [9.17, 15) is 4.79 Å². The predicted octanol–water partition coefficient (Wildman–Crippen LogP) is 2.54. The topological polar surface area (TPSA) is 43.1 Å². The Bertz CT molecular complexity index is 310. The van der Waals surface area contributed by atoms with Gasteiger partial charge in [0.1, 0.15) is 0 Å². The zero-order valence-corrected chi connectivity index (χ0v) is 8.60. The number of benzene rings is 1. The fourth-order valence-electron chi connectivity index (χ4n) is 1.14. The maximum absolute atomic E-state index is 11.1. The standard InChI is InChI=1S/C9H10BrNO/c1-5-3-7(10)9(6(2)12)8(11)4-5/h3-4H,11H2,1-2H3. The molecule has 0 aliphatic carbocycles. The van der Waals surface area contributed by atoms with Crippen LogP contribution in [0.1, 0.15) is 22.8 Å². The molecule has 0 saturated carbocycles. The van der Waals surface area contributed by atoms with E-state index >= 15 is 0 Å². The van der Waals surface area contributed by atoms with Gasteiger partial charge in [-0.2, -0.15) is 0 Å². The molecule has 1 aromatic rings. The van der Waals surface area contributed by atoms with Crippen molar-refractivity contribution in [1.82, 2.24) is 0 Å². The van der Waals surface area contributed by atoms with Crippen LogP contribution in [-0.4, -0.2) is 5.78 Å². The van der Waals surface area contributed by atoms with Gasteiger partial charge >= 0.3 is 0 Å². The molecule has 0 radical (unpaired) electrons. The first-order valence-electron chi connectivity index (χ1n) is 3.59. The van der Waals surface area contributed by atoms with E-state index in [1.807, 2.05) is 13.0 Å². The molecule has 3 heteroatoms. The predicted molar refractivity (Wildman–Crippen MR) is 53.3 cm³/mol. The van der Waals surface area contributed by atoms with Crippen LogP contribution >= 0.6 is 15.9 Å². The number of nitrogen functional groups attached to an aromatic ring is 1. The maximum atomic E-state index is 11.1. The first kappa shape index (κ1) is 9.26. The first-order chi connectivity index (χ1) is 5.52. The fourth-order valence-corrected chi connectivity index (χ4v) is 2.01. The Morgan fingerprint density at radius 3 is 2.50 bits per heavy atom. The molecule has 0 unspecified atom stereocenters. The number of ketones is 1. The molecule has 0 aliphatic heterocycles. The SMILES string of the molecule is CC(=O)c1c(N)cc(C)cc1Br. The lowest BCUT2D eigenvalue weighted by Gasteiger charge is -2.05. The van der Waals surface area contributed by atoms with Gasteiger partial charge < -0.3 is 5.73 Å². The summed E-state index contributed by atoms with van der Waals surface area (Å²) in [6.45, 7) is 3.44. The van der Waals surface area contributed by atoms with Crippen molar-refractivity contribution < 1.29 is 4.79 Å². The summed E-state index contributed by atoms with van der Waals surface area (Å²) in [7, 11) is 0. The first-order valence-corrected chi connectivity index (χ1v) is 4.38. The zero-order chi connectivity index (χ0) is 9.30. The van der Waals surface area contributed by atoms with E-state index in [4.69, 9.17) is 5.73 Å². The molecule has 1 aromatic carbocycles. The average Bonchev–Trinajstić information content (AvgIpc) is 1.82. The van der Waals surface area contributed by atoms with Crippen LogP contribution in [0.4, 0.5) is 5.69 Å². The molecule has 12 heavy (non-hydrogen) atoms. The van der Waals surface area contributed by atoms with Gasteiger partial charge in [-0.15, -0.1) is 0 Å². The molecule has 0 atom stereocenters. The van der Waals surface area contributed by atoms with Gasteiger partial charge in [0, 0.05) is 10.2 Å². The van der Waals surface area contributed by atoms with Gasteiger partial charge in [-0.3, -0.25) is 4.79 Å². The van der Waals surface area contributed by atoms with Gasteiger partial charge in [-0.1, -0.05) is 0 Å². The van der Waals surface area contributed by atoms with Crippen molar-refractivity contribution in [3.05, 3.63) is 27.7 Å². The van der Waals surface area contributed by atoms with Crippen molar-refractivity contribution in [3.63, 3.8) is 0 Å². The Morgan fingerprint density at radius 2 is 2.08 bits per heavy atom. The van der Waals surface area contributed by atoms with Crippen LogP contribution in [0.2, 0.25) is 0 Å². The van der Waals surface area contributed by atoms with Crippen molar-refractivity contribution in [1.29, 1.82) is 0 Å². The van der Waals surface area contributed by atoms with Crippen LogP contribution in [-0.2, 0) is 0 Å². The molecule has 0 fully saturated rings. The molecule has 0 saturated heterocycles. The molecule has 0 heterocycles. The highest BCUT2D eigenvalue weighted by molar-refractivity contribution is 9.10. The second-order valence-electron chi connectivity index (χ2n) is 2.77. The zero-order valence-electron chi connectivity index (χ0n) is 7.02. The second-order valence-corrected chi connectivity index (χ2v) is 3.62. The number of anilines is 1. The van der Waals surface area contributed by atoms with Crippen LogP contribution in [0.25, 0.3) is 0 Å². The summed E-state index contributed by atoms with van der Waals surface area (Å²) in [5.41, 5.74) is 7.82. The highest BCUT2D eigenvalue weighted by Crippen LogP contribution is 2.24. The summed E-state index contributed by atoms with van der Waals surface area (Å²) < 4.78 is 0.771. The van der Waals surface area contributed by atoms with E-state index < -0.39 is 0 Å². The number of halogens is 1. The summed E-state index contributed by atoms with van der Waals surface area (Å²) in [5, 5.41) is 0. The van der Waals surface area contributed by atoms with Crippen molar-refractivity contribution in [3.8, 4) is 0 Å². The van der Waals surface area contributed by atoms with Crippen LogP contribution in [0.15, 0.2) is 16.6 Å². The van der Waals surface area contributed by atoms with E-state index in [-0.39, 0.29) is 5.78 Å². The normalized spacial score (nSPS) is 9.92. The van der Waals surface area contributed by atoms with Crippen LogP contribution in [0, 0.1) is 6.92 Å². The van der Waals surface area contributed by atoms with Gasteiger partial charge in [-0.25, -0.2) is 0 Å². The molecule has 0 amide bonds. The third kappa shape index (κ3) is 1.67. The third-order valence-corrected chi connectivity index (χ3v) is 2.24. The molecule has 2 N–H and O–H groups in total. The highest BCUT2D eigenvalue weighted by atomic mass is 79.9. The Labute approximate surface area is 79.9 Å².